The molecule has 8 heteroatoms. The van der Waals surface area contributed by atoms with E-state index in [9.17, 15) is 0 Å². The molecule has 0 fully saturated rings. The van der Waals surface area contributed by atoms with Gasteiger partial charge in [0, 0.05) is 78.1 Å². The first-order valence-corrected chi connectivity index (χ1v) is 46.7. The number of hydrogen-bond donors (Lipinski definition) is 0. The third-order valence-electron chi connectivity index (χ3n) is 22.9. The standard InChI is InChI=1S/C93H124N4Si4/c1-70(2)98(71(3)4,66-60-82-28-44-86(45-29-82)94(17)18)90-52-36-78(37-53-90)24-26-80-40-56-92(57-41-80)100(74(9)10,75(11)12)68-62-84-32-48-88(49-33-84)96(21)64-23-65-97(22)89-50-34-85(35-51-89)63-69-101(76(13)14,77(15)16)93-58-42-81(43-59-93)27-25-79-38-54-91(55-39-79)99(72(5)6,73(7)8)67-61-83-30-46-87(47-31-83)95(19)20/h24-63,66-77H,23,64-65H2,1-22H3/b26-24+,27-25+,66-60+,67-61+,68-62+,69-63+. The van der Waals surface area contributed by atoms with Gasteiger partial charge in [0.2, 0.25) is 0 Å². The summed E-state index contributed by atoms with van der Waals surface area (Å²) in [6.07, 6.45) is 19.8. The van der Waals surface area contributed by atoms with E-state index in [1.54, 1.807) is 0 Å². The molecule has 0 aromatic heterocycles. The lowest BCUT2D eigenvalue weighted by Crippen LogP contribution is -2.51. The number of benzene rings is 8. The van der Waals surface area contributed by atoms with Gasteiger partial charge in [-0.25, -0.2) is 0 Å². The summed E-state index contributed by atoms with van der Waals surface area (Å²) in [5.74, 6) is 0. The third-order valence-corrected chi connectivity index (χ3v) is 46.4. The van der Waals surface area contributed by atoms with Gasteiger partial charge in [-0.3, -0.25) is 0 Å². The number of nitrogens with zero attached hydrogens (tertiary/aromatic N) is 4. The predicted molar refractivity (Wildman–Crippen MR) is 468 cm³/mol. The Hall–Kier alpha value is -7.73. The van der Waals surface area contributed by atoms with Gasteiger partial charge in [0.05, 0.1) is 0 Å². The van der Waals surface area contributed by atoms with Crippen LogP contribution < -0.4 is 40.3 Å². The molecule has 0 radical (unpaired) electrons. The first-order valence-electron chi connectivity index (χ1n) is 37.8. The van der Waals surface area contributed by atoms with Crippen molar-refractivity contribution in [2.45, 2.75) is 162 Å². The average Bonchev–Trinajstić information content (AvgIpc) is 0.798. The van der Waals surface area contributed by atoms with Crippen LogP contribution in [0.25, 0.3) is 48.6 Å². The maximum atomic E-state index is 2.63. The van der Waals surface area contributed by atoms with Crippen molar-refractivity contribution in [1.29, 1.82) is 0 Å². The van der Waals surface area contributed by atoms with Crippen molar-refractivity contribution in [2.75, 3.05) is 75.0 Å². The van der Waals surface area contributed by atoms with Gasteiger partial charge in [0.15, 0.2) is 0 Å². The zero-order chi connectivity index (χ0) is 73.4. The Balaban J connectivity index is 0.844. The summed E-state index contributed by atoms with van der Waals surface area (Å²) in [5, 5.41) is 6.01. The second kappa shape index (κ2) is 35.4. The van der Waals surface area contributed by atoms with Gasteiger partial charge in [-0.2, -0.15) is 0 Å². The number of rotatable bonds is 32. The Morgan fingerprint density at radius 2 is 0.376 bits per heavy atom. The highest BCUT2D eigenvalue weighted by Crippen LogP contribution is 2.39. The molecular formula is C93H124N4Si4. The average molecular weight is 1410 g/mol. The van der Waals surface area contributed by atoms with E-state index in [1.165, 1.54) is 88.0 Å². The molecule has 0 atom stereocenters. The van der Waals surface area contributed by atoms with E-state index in [0.717, 1.165) is 19.5 Å². The zero-order valence-electron chi connectivity index (χ0n) is 65.9. The maximum absolute atomic E-state index is 2.63. The van der Waals surface area contributed by atoms with E-state index >= 15 is 0 Å². The lowest BCUT2D eigenvalue weighted by atomic mass is 10.1. The monoisotopic (exact) mass is 1410 g/mol. The van der Waals surface area contributed by atoms with Crippen molar-refractivity contribution in [2.24, 2.45) is 0 Å². The van der Waals surface area contributed by atoms with Crippen LogP contribution in [-0.4, -0.2) is 87.7 Å². The quantitative estimate of drug-likeness (QED) is 0.0308. The van der Waals surface area contributed by atoms with Gasteiger partial charge >= 0.3 is 0 Å². The Labute approximate surface area is 618 Å². The summed E-state index contributed by atoms with van der Waals surface area (Å²) < 4.78 is 0. The van der Waals surface area contributed by atoms with Crippen molar-refractivity contribution in [1.82, 2.24) is 0 Å². The molecule has 4 nitrogen and oxygen atoms in total. The minimum Gasteiger partial charge on any atom is -0.378 e. The smallest absolute Gasteiger partial charge is 0.115 e. The summed E-state index contributed by atoms with van der Waals surface area (Å²) >= 11 is 0. The molecule has 0 aliphatic carbocycles. The summed E-state index contributed by atoms with van der Waals surface area (Å²) in [5.41, 5.74) is 29.9. The molecule has 101 heavy (non-hydrogen) atoms. The van der Waals surface area contributed by atoms with Gasteiger partial charge in [0.1, 0.15) is 32.3 Å². The molecule has 0 bridgehead atoms. The van der Waals surface area contributed by atoms with E-state index in [1.807, 2.05) is 0 Å². The highest BCUT2D eigenvalue weighted by molar-refractivity contribution is 7.00. The van der Waals surface area contributed by atoms with Crippen LogP contribution >= 0.6 is 0 Å². The Kier molecular flexibility index (Phi) is 27.7. The molecule has 0 aliphatic rings. The summed E-state index contributed by atoms with van der Waals surface area (Å²) in [6.45, 7) is 40.8. The maximum Gasteiger partial charge on any atom is 0.115 e. The molecule has 0 unspecified atom stereocenters. The molecule has 8 rings (SSSR count). The summed E-state index contributed by atoms with van der Waals surface area (Å²) in [7, 11) is 4.68. The molecule has 0 saturated heterocycles. The third kappa shape index (κ3) is 18.7. The van der Waals surface area contributed by atoms with E-state index in [0.29, 0.717) is 44.3 Å². The van der Waals surface area contributed by atoms with Gasteiger partial charge in [-0.05, 0) is 144 Å². The molecule has 8 aromatic rings. The molecule has 0 N–H and O–H groups in total. The van der Waals surface area contributed by atoms with Gasteiger partial charge < -0.3 is 19.6 Å². The molecule has 0 aliphatic heterocycles. The first-order chi connectivity index (χ1) is 48.1. The molecule has 0 saturated carbocycles. The Morgan fingerprint density at radius 1 is 0.218 bits per heavy atom. The van der Waals surface area contributed by atoms with E-state index in [-0.39, 0.29) is 0 Å². The van der Waals surface area contributed by atoms with Gasteiger partial charge in [-0.15, -0.1) is 0 Å². The molecular weight excluding hydrogens is 1290 g/mol. The van der Waals surface area contributed by atoms with Crippen molar-refractivity contribution in [3.63, 3.8) is 0 Å². The van der Waals surface area contributed by atoms with Gasteiger partial charge in [0.25, 0.3) is 0 Å². The second-order valence-corrected chi connectivity index (χ2v) is 52.2. The minimum absolute atomic E-state index is 0.542. The van der Waals surface area contributed by atoms with E-state index in [2.05, 4.69) is 438 Å². The first kappa shape index (κ1) is 79.0. The largest absolute Gasteiger partial charge is 0.378 e. The fraction of sp³-hybridized carbons (Fsp3) is 0.355. The zero-order valence-corrected chi connectivity index (χ0v) is 69.9. The van der Waals surface area contributed by atoms with Crippen LogP contribution in [0.15, 0.2) is 217 Å². The normalized spacial score (nSPS) is 13.0. The summed E-state index contributed by atoms with van der Waals surface area (Å²) in [6, 6.07) is 74.3. The lowest BCUT2D eigenvalue weighted by Gasteiger charge is -2.37. The number of hydrogen-bond acceptors (Lipinski definition) is 4. The minimum atomic E-state index is -2.08. The van der Waals surface area contributed by atoms with Crippen molar-refractivity contribution in [3.8, 4) is 0 Å². The fourth-order valence-corrected chi connectivity index (χ4v) is 35.7. The molecule has 0 amide bonds. The number of anilines is 4. The van der Waals surface area contributed by atoms with Crippen molar-refractivity contribution in [3.05, 3.63) is 261 Å². The molecule has 0 heterocycles. The van der Waals surface area contributed by atoms with Crippen LogP contribution in [0.1, 0.15) is 162 Å². The SMILES string of the molecule is CC(C)[Si](/C=C/c1ccc(N(C)C)cc1)(c1ccc(/C=C/c2ccc([Si](/C=C/c3ccc(N(C)CCCN(C)c4ccc(/C=C/[Si](c5ccc(/C=C/c6ccc([Si](/C=C/c7ccc(N(C)C)cc7)(C(C)C)C(C)C)cc6)cc5)(C(C)C)C(C)C)cc4)cc3)(C(C)C)C(C)C)cc2)cc1)C(C)C. The van der Waals surface area contributed by atoms with Crippen molar-refractivity contribution < 1.29 is 0 Å². The highest BCUT2D eigenvalue weighted by Gasteiger charge is 2.42. The van der Waals surface area contributed by atoms with Crippen LogP contribution in [0.2, 0.25) is 44.3 Å². The second-order valence-electron chi connectivity index (χ2n) is 31.8. The Morgan fingerprint density at radius 3 is 0.545 bits per heavy atom. The lowest BCUT2D eigenvalue weighted by molar-refractivity contribution is 0.763. The van der Waals surface area contributed by atoms with Crippen LogP contribution in [0.3, 0.4) is 0 Å². The fourth-order valence-electron chi connectivity index (χ4n) is 16.4. The predicted octanol–water partition coefficient (Wildman–Crippen LogP) is 23.0. The molecule has 8 aromatic carbocycles. The van der Waals surface area contributed by atoms with Gasteiger partial charge in [-0.1, -0.05) is 349 Å². The Bertz CT molecular complexity index is 3740. The summed E-state index contributed by atoms with van der Waals surface area (Å²) in [4.78, 5) is 9.12. The van der Waals surface area contributed by atoms with Crippen LogP contribution in [0.4, 0.5) is 22.7 Å². The van der Waals surface area contributed by atoms with Crippen LogP contribution in [0, 0.1) is 0 Å². The van der Waals surface area contributed by atoms with Crippen LogP contribution in [0.5, 0.6) is 0 Å². The molecule has 532 valence electrons. The van der Waals surface area contributed by atoms with Crippen LogP contribution in [-0.2, 0) is 0 Å². The highest BCUT2D eigenvalue weighted by atomic mass is 28.3. The topological polar surface area (TPSA) is 13.0 Å². The molecule has 0 spiro atoms. The van der Waals surface area contributed by atoms with E-state index < -0.39 is 32.3 Å². The van der Waals surface area contributed by atoms with E-state index in [4.69, 9.17) is 0 Å². The van der Waals surface area contributed by atoms with Crippen molar-refractivity contribution >= 4 is 124 Å².